The van der Waals surface area contributed by atoms with Crippen molar-refractivity contribution in [3.8, 4) is 17.0 Å². The van der Waals surface area contributed by atoms with Gasteiger partial charge in [0.1, 0.15) is 29.1 Å². The number of oxazole rings is 1. The van der Waals surface area contributed by atoms with Gasteiger partial charge in [0.25, 0.3) is 5.91 Å². The van der Waals surface area contributed by atoms with Crippen molar-refractivity contribution in [2.45, 2.75) is 31.7 Å². The molecule has 2 aromatic carbocycles. The molecule has 3 heterocycles. The summed E-state index contributed by atoms with van der Waals surface area (Å²) < 4.78 is 30.3. The molecule has 0 unspecified atom stereocenters. The first-order valence-electron chi connectivity index (χ1n) is 11.2. The van der Waals surface area contributed by atoms with E-state index in [0.29, 0.717) is 35.9 Å². The van der Waals surface area contributed by atoms with Gasteiger partial charge in [-0.2, -0.15) is 0 Å². The Morgan fingerprint density at radius 2 is 2.06 bits per heavy atom. The highest BCUT2D eigenvalue weighted by Gasteiger charge is 2.34. The number of aromatic nitrogens is 2. The zero-order valence-corrected chi connectivity index (χ0v) is 18.7. The molecule has 1 saturated heterocycles. The van der Waals surface area contributed by atoms with Crippen molar-refractivity contribution in [3.05, 3.63) is 89.6 Å². The van der Waals surface area contributed by atoms with Crippen LogP contribution in [0.1, 0.15) is 53.1 Å². The van der Waals surface area contributed by atoms with Crippen LogP contribution in [0.2, 0.25) is 0 Å². The molecule has 7 nitrogen and oxygen atoms in total. The summed E-state index contributed by atoms with van der Waals surface area (Å²) in [7, 11) is 1.63. The van der Waals surface area contributed by atoms with Gasteiger partial charge < -0.3 is 18.6 Å². The molecular formula is C26H24FN3O4. The van der Waals surface area contributed by atoms with Crippen molar-refractivity contribution >= 4 is 5.91 Å². The molecule has 4 aromatic rings. The van der Waals surface area contributed by atoms with Crippen LogP contribution in [-0.2, 0) is 6.42 Å². The van der Waals surface area contributed by atoms with Gasteiger partial charge in [-0.05, 0) is 49.1 Å². The van der Waals surface area contributed by atoms with Crippen LogP contribution in [0.15, 0.2) is 69.7 Å². The number of rotatable bonds is 6. The maximum absolute atomic E-state index is 13.6. The van der Waals surface area contributed by atoms with Gasteiger partial charge in [-0.1, -0.05) is 29.4 Å². The molecule has 1 aliphatic heterocycles. The average molecular weight is 461 g/mol. The highest BCUT2D eigenvalue weighted by Crippen LogP contribution is 2.33. The fourth-order valence-electron chi connectivity index (χ4n) is 4.27. The molecule has 0 radical (unpaired) electrons. The maximum atomic E-state index is 13.6. The van der Waals surface area contributed by atoms with Crippen LogP contribution in [0.3, 0.4) is 0 Å². The number of piperidine rings is 1. The number of carbonyl (C=O) groups excluding carboxylic acids is 1. The third kappa shape index (κ3) is 4.57. The van der Waals surface area contributed by atoms with Crippen LogP contribution in [0, 0.1) is 5.82 Å². The summed E-state index contributed by atoms with van der Waals surface area (Å²) in [5.41, 5.74) is 2.01. The monoisotopic (exact) mass is 461 g/mol. The van der Waals surface area contributed by atoms with E-state index in [1.54, 1.807) is 36.4 Å². The van der Waals surface area contributed by atoms with E-state index in [2.05, 4.69) is 10.1 Å². The van der Waals surface area contributed by atoms with E-state index in [1.165, 1.54) is 12.1 Å². The molecule has 1 fully saturated rings. The van der Waals surface area contributed by atoms with Crippen LogP contribution >= 0.6 is 0 Å². The lowest BCUT2D eigenvalue weighted by atomic mass is 10.0. The van der Waals surface area contributed by atoms with E-state index in [0.717, 1.165) is 30.6 Å². The van der Waals surface area contributed by atoms with E-state index < -0.39 is 0 Å². The van der Waals surface area contributed by atoms with Crippen molar-refractivity contribution in [1.29, 1.82) is 0 Å². The van der Waals surface area contributed by atoms with Gasteiger partial charge in [0, 0.05) is 24.6 Å². The molecule has 34 heavy (non-hydrogen) atoms. The van der Waals surface area contributed by atoms with Crippen molar-refractivity contribution in [1.82, 2.24) is 15.0 Å². The third-order valence-corrected chi connectivity index (χ3v) is 5.97. The Bertz CT molecular complexity index is 1300. The van der Waals surface area contributed by atoms with Crippen molar-refractivity contribution in [2.24, 2.45) is 0 Å². The Morgan fingerprint density at radius 3 is 2.91 bits per heavy atom. The van der Waals surface area contributed by atoms with E-state index in [-0.39, 0.29) is 23.5 Å². The number of hydrogen-bond acceptors (Lipinski definition) is 6. The number of ether oxygens (including phenoxy) is 1. The number of nitrogens with zero attached hydrogens (tertiary/aromatic N) is 3. The van der Waals surface area contributed by atoms with Crippen molar-refractivity contribution in [3.63, 3.8) is 0 Å². The molecule has 8 heteroatoms. The first-order chi connectivity index (χ1) is 16.6. The molecule has 1 atom stereocenters. The minimum Gasteiger partial charge on any atom is -0.497 e. The Morgan fingerprint density at radius 1 is 1.18 bits per heavy atom. The molecule has 174 valence electrons. The fraction of sp³-hybridized carbons (Fsp3) is 0.269. The number of amides is 1. The number of likely N-dealkylation sites (tertiary alicyclic amines) is 1. The summed E-state index contributed by atoms with van der Waals surface area (Å²) in [5.74, 6) is 1.45. The molecule has 1 amide bonds. The number of halogens is 1. The van der Waals surface area contributed by atoms with Gasteiger partial charge in [0.2, 0.25) is 11.7 Å². The summed E-state index contributed by atoms with van der Waals surface area (Å²) in [5, 5.41) is 3.97. The number of methoxy groups -OCH3 is 1. The lowest BCUT2D eigenvalue weighted by Gasteiger charge is -2.32. The molecule has 1 aliphatic rings. The zero-order chi connectivity index (χ0) is 23.5. The third-order valence-electron chi connectivity index (χ3n) is 5.97. The Labute approximate surface area is 196 Å². The maximum Gasteiger partial charge on any atom is 0.293 e. The van der Waals surface area contributed by atoms with Crippen LogP contribution < -0.4 is 4.74 Å². The zero-order valence-electron chi connectivity index (χ0n) is 18.7. The topological polar surface area (TPSA) is 81.6 Å². The number of carbonyl (C=O) groups is 1. The van der Waals surface area contributed by atoms with Crippen LogP contribution in [0.4, 0.5) is 4.39 Å². The summed E-state index contributed by atoms with van der Waals surface area (Å²) in [6, 6.07) is 15.1. The minimum absolute atomic E-state index is 0.106. The van der Waals surface area contributed by atoms with Gasteiger partial charge >= 0.3 is 0 Å². The summed E-state index contributed by atoms with van der Waals surface area (Å²) in [6.45, 7) is 0.563. The van der Waals surface area contributed by atoms with Crippen molar-refractivity contribution in [2.75, 3.05) is 13.7 Å². The first-order valence-corrected chi connectivity index (χ1v) is 11.2. The fourth-order valence-corrected chi connectivity index (χ4v) is 4.27. The molecule has 0 bridgehead atoms. The average Bonchev–Trinajstić information content (AvgIpc) is 3.54. The second kappa shape index (κ2) is 9.51. The van der Waals surface area contributed by atoms with Gasteiger partial charge in [0.05, 0.1) is 13.3 Å². The molecule has 0 saturated carbocycles. The van der Waals surface area contributed by atoms with Crippen LogP contribution in [-0.4, -0.2) is 34.6 Å². The van der Waals surface area contributed by atoms with E-state index in [9.17, 15) is 9.18 Å². The molecule has 5 rings (SSSR count). The largest absolute Gasteiger partial charge is 0.497 e. The summed E-state index contributed by atoms with van der Waals surface area (Å²) in [6.07, 6.45) is 4.87. The Kier molecular flexibility index (Phi) is 6.12. The van der Waals surface area contributed by atoms with E-state index in [4.69, 9.17) is 13.7 Å². The van der Waals surface area contributed by atoms with Crippen LogP contribution in [0.25, 0.3) is 11.3 Å². The van der Waals surface area contributed by atoms with E-state index >= 15 is 0 Å². The lowest BCUT2D eigenvalue weighted by molar-refractivity contribution is 0.0528. The standard InChI is InChI=1S/C26H24FN3O4/c1-32-20-9-4-6-17(12-20)13-21-16-28-25(33-21)23-10-2-3-11-30(23)26(31)24-15-22(29-34-24)18-7-5-8-19(27)14-18/h4-9,12,14-16,23H,2-3,10-11,13H2,1H3/t23-/m0/s1. The van der Waals surface area contributed by atoms with Crippen LogP contribution in [0.5, 0.6) is 5.75 Å². The second-order valence-electron chi connectivity index (χ2n) is 8.29. The molecule has 2 aromatic heterocycles. The Balaban J connectivity index is 1.34. The highest BCUT2D eigenvalue weighted by molar-refractivity contribution is 5.92. The van der Waals surface area contributed by atoms with Gasteiger partial charge in [-0.25, -0.2) is 9.37 Å². The molecule has 0 aliphatic carbocycles. The molecular weight excluding hydrogens is 437 g/mol. The number of hydrogen-bond donors (Lipinski definition) is 0. The van der Waals surface area contributed by atoms with Gasteiger partial charge in [0.15, 0.2) is 0 Å². The predicted molar refractivity (Wildman–Crippen MR) is 122 cm³/mol. The minimum atomic E-state index is -0.377. The quantitative estimate of drug-likeness (QED) is 0.381. The predicted octanol–water partition coefficient (Wildman–Crippen LogP) is 5.44. The summed E-state index contributed by atoms with van der Waals surface area (Å²) in [4.78, 5) is 19.5. The molecule has 0 N–H and O–H groups in total. The Hall–Kier alpha value is -3.94. The van der Waals surface area contributed by atoms with Crippen molar-refractivity contribution < 1.29 is 22.9 Å². The molecule has 0 spiro atoms. The second-order valence-corrected chi connectivity index (χ2v) is 8.29. The van der Waals surface area contributed by atoms with E-state index in [1.807, 2.05) is 24.3 Å². The first kappa shape index (κ1) is 21.9. The highest BCUT2D eigenvalue weighted by atomic mass is 19.1. The normalized spacial score (nSPS) is 15.9. The number of benzene rings is 2. The smallest absolute Gasteiger partial charge is 0.293 e. The SMILES string of the molecule is COc1cccc(Cc2cnc([C@@H]3CCCCN3C(=O)c3cc(-c4cccc(F)c4)no3)o2)c1. The lowest BCUT2D eigenvalue weighted by Crippen LogP contribution is -2.38. The van der Waals surface area contributed by atoms with Gasteiger partial charge in [-0.3, -0.25) is 4.79 Å². The summed E-state index contributed by atoms with van der Waals surface area (Å²) >= 11 is 0. The van der Waals surface area contributed by atoms with Gasteiger partial charge in [-0.15, -0.1) is 0 Å².